The van der Waals surface area contributed by atoms with Gasteiger partial charge in [-0.2, -0.15) is 0 Å². The molecular weight excluding hydrogens is 338 g/mol. The predicted octanol–water partition coefficient (Wildman–Crippen LogP) is 3.03. The minimum atomic E-state index is -0.812. The summed E-state index contributed by atoms with van der Waals surface area (Å²) in [6.07, 6.45) is 1.60. The van der Waals surface area contributed by atoms with Crippen LogP contribution in [0.3, 0.4) is 0 Å². The Hall–Kier alpha value is -1.40. The van der Waals surface area contributed by atoms with Crippen LogP contribution in [0.15, 0.2) is 22.7 Å². The third kappa shape index (κ3) is 3.83. The fourth-order valence-corrected chi connectivity index (χ4v) is 3.13. The zero-order valence-corrected chi connectivity index (χ0v) is 13.4. The lowest BCUT2D eigenvalue weighted by Gasteiger charge is -2.15. The highest BCUT2D eigenvalue weighted by molar-refractivity contribution is 9.10. The van der Waals surface area contributed by atoms with Crippen LogP contribution in [0.25, 0.3) is 0 Å². The number of nitrogens with one attached hydrogen (secondary N) is 1. The third-order valence-electron chi connectivity index (χ3n) is 3.82. The second-order valence-corrected chi connectivity index (χ2v) is 6.09. The molecule has 1 aliphatic carbocycles. The standard InChI is InChI=1S/C15H18BrNO4/c1-21-8-11-12(16)3-2-4-13(11)17-14(18)9-5-6-10(7-9)15(19)20/h2-4,9-10H,5-8H2,1H3,(H,17,18)(H,19,20)/t9-,10+/m1/s1. The number of hydrogen-bond acceptors (Lipinski definition) is 3. The summed E-state index contributed by atoms with van der Waals surface area (Å²) < 4.78 is 6.02. The van der Waals surface area contributed by atoms with E-state index in [-0.39, 0.29) is 11.8 Å². The molecule has 0 bridgehead atoms. The van der Waals surface area contributed by atoms with Crippen LogP contribution in [0, 0.1) is 11.8 Å². The van der Waals surface area contributed by atoms with Crippen molar-refractivity contribution in [2.75, 3.05) is 12.4 Å². The number of carbonyl (C=O) groups is 2. The maximum Gasteiger partial charge on any atom is 0.306 e. The molecule has 1 saturated carbocycles. The van der Waals surface area contributed by atoms with Crippen molar-refractivity contribution in [3.63, 3.8) is 0 Å². The van der Waals surface area contributed by atoms with E-state index in [2.05, 4.69) is 21.2 Å². The number of carboxylic acids is 1. The average Bonchev–Trinajstić information content (AvgIpc) is 2.92. The van der Waals surface area contributed by atoms with Gasteiger partial charge in [-0.3, -0.25) is 9.59 Å². The lowest BCUT2D eigenvalue weighted by atomic mass is 10.0. The molecule has 2 atom stereocenters. The SMILES string of the molecule is COCc1c(Br)cccc1NC(=O)[C@@H]1CC[C@H](C(=O)O)C1. The van der Waals surface area contributed by atoms with Crippen LogP contribution in [-0.2, 0) is 20.9 Å². The van der Waals surface area contributed by atoms with E-state index in [0.717, 1.165) is 10.0 Å². The lowest BCUT2D eigenvalue weighted by molar-refractivity contribution is -0.141. The molecule has 1 aromatic rings. The minimum absolute atomic E-state index is 0.116. The zero-order valence-electron chi connectivity index (χ0n) is 11.8. The molecule has 0 heterocycles. The first-order valence-corrected chi connectivity index (χ1v) is 7.62. The van der Waals surface area contributed by atoms with Crippen molar-refractivity contribution in [2.45, 2.75) is 25.9 Å². The van der Waals surface area contributed by atoms with Crippen LogP contribution < -0.4 is 5.32 Å². The number of methoxy groups -OCH3 is 1. The number of halogens is 1. The Morgan fingerprint density at radius 2 is 2.10 bits per heavy atom. The number of benzene rings is 1. The summed E-state index contributed by atoms with van der Waals surface area (Å²) in [7, 11) is 1.60. The Balaban J connectivity index is 2.07. The van der Waals surface area contributed by atoms with Gasteiger partial charge in [0.2, 0.25) is 5.91 Å². The van der Waals surface area contributed by atoms with Gasteiger partial charge in [0.1, 0.15) is 0 Å². The van der Waals surface area contributed by atoms with Gasteiger partial charge in [-0.15, -0.1) is 0 Å². The maximum absolute atomic E-state index is 12.3. The van der Waals surface area contributed by atoms with E-state index in [1.165, 1.54) is 0 Å². The van der Waals surface area contributed by atoms with E-state index < -0.39 is 11.9 Å². The summed E-state index contributed by atoms with van der Waals surface area (Å²) in [4.78, 5) is 23.2. The normalized spacial score (nSPS) is 21.2. The highest BCUT2D eigenvalue weighted by atomic mass is 79.9. The number of carbonyl (C=O) groups excluding carboxylic acids is 1. The van der Waals surface area contributed by atoms with Crippen molar-refractivity contribution >= 4 is 33.5 Å². The maximum atomic E-state index is 12.3. The van der Waals surface area contributed by atoms with E-state index >= 15 is 0 Å². The van der Waals surface area contributed by atoms with E-state index in [0.29, 0.717) is 31.6 Å². The molecule has 1 amide bonds. The van der Waals surface area contributed by atoms with Gasteiger partial charge in [0, 0.05) is 28.8 Å². The second-order valence-electron chi connectivity index (χ2n) is 5.23. The van der Waals surface area contributed by atoms with Crippen molar-refractivity contribution in [1.29, 1.82) is 0 Å². The smallest absolute Gasteiger partial charge is 0.306 e. The van der Waals surface area contributed by atoms with Gasteiger partial charge < -0.3 is 15.2 Å². The van der Waals surface area contributed by atoms with Crippen molar-refractivity contribution in [2.24, 2.45) is 11.8 Å². The van der Waals surface area contributed by atoms with E-state index in [1.54, 1.807) is 7.11 Å². The zero-order chi connectivity index (χ0) is 15.4. The number of amides is 1. The Morgan fingerprint density at radius 1 is 1.38 bits per heavy atom. The number of ether oxygens (including phenoxy) is 1. The fourth-order valence-electron chi connectivity index (χ4n) is 2.65. The van der Waals surface area contributed by atoms with Crippen molar-refractivity contribution in [3.8, 4) is 0 Å². The van der Waals surface area contributed by atoms with E-state index in [1.807, 2.05) is 18.2 Å². The summed E-state index contributed by atoms with van der Waals surface area (Å²) in [5, 5.41) is 11.9. The third-order valence-corrected chi connectivity index (χ3v) is 4.56. The molecular formula is C15H18BrNO4. The van der Waals surface area contributed by atoms with Crippen molar-refractivity contribution in [3.05, 3.63) is 28.2 Å². The summed E-state index contributed by atoms with van der Waals surface area (Å²) in [6, 6.07) is 5.55. The van der Waals surface area contributed by atoms with Crippen LogP contribution >= 0.6 is 15.9 Å². The molecule has 5 nitrogen and oxygen atoms in total. The first-order valence-electron chi connectivity index (χ1n) is 6.83. The van der Waals surface area contributed by atoms with Crippen LogP contribution in [0.1, 0.15) is 24.8 Å². The summed E-state index contributed by atoms with van der Waals surface area (Å²) in [6.45, 7) is 0.388. The number of rotatable bonds is 5. The molecule has 2 N–H and O–H groups in total. The van der Waals surface area contributed by atoms with E-state index in [4.69, 9.17) is 9.84 Å². The molecule has 114 valence electrons. The van der Waals surface area contributed by atoms with Crippen LogP contribution in [0.5, 0.6) is 0 Å². The van der Waals surface area contributed by atoms with Gasteiger partial charge in [0.15, 0.2) is 0 Å². The molecule has 6 heteroatoms. The monoisotopic (exact) mass is 355 g/mol. The van der Waals surface area contributed by atoms with Crippen molar-refractivity contribution < 1.29 is 19.4 Å². The number of hydrogen-bond donors (Lipinski definition) is 2. The number of aliphatic carboxylic acids is 1. The van der Waals surface area contributed by atoms with Crippen LogP contribution in [0.4, 0.5) is 5.69 Å². The van der Waals surface area contributed by atoms with Crippen molar-refractivity contribution in [1.82, 2.24) is 0 Å². The molecule has 0 radical (unpaired) electrons. The highest BCUT2D eigenvalue weighted by Crippen LogP contribution is 2.33. The van der Waals surface area contributed by atoms with E-state index in [9.17, 15) is 9.59 Å². The Kier molecular flexibility index (Phi) is 5.36. The van der Waals surface area contributed by atoms with Gasteiger partial charge >= 0.3 is 5.97 Å². The summed E-state index contributed by atoms with van der Waals surface area (Å²) in [5.41, 5.74) is 1.58. The molecule has 0 aromatic heterocycles. The lowest BCUT2D eigenvalue weighted by Crippen LogP contribution is -2.22. The molecule has 0 saturated heterocycles. The highest BCUT2D eigenvalue weighted by Gasteiger charge is 2.34. The first-order chi connectivity index (χ1) is 10.0. The molecule has 0 unspecified atom stereocenters. The quantitative estimate of drug-likeness (QED) is 0.850. The van der Waals surface area contributed by atoms with Crippen LogP contribution in [-0.4, -0.2) is 24.1 Å². The first kappa shape index (κ1) is 16.0. The number of carboxylic acid groups (broad SMARTS) is 1. The van der Waals surface area contributed by atoms with Gasteiger partial charge in [-0.25, -0.2) is 0 Å². The Bertz CT molecular complexity index is 546. The molecule has 0 spiro atoms. The van der Waals surface area contributed by atoms with Gasteiger partial charge in [-0.1, -0.05) is 22.0 Å². The topological polar surface area (TPSA) is 75.6 Å². The van der Waals surface area contributed by atoms with Gasteiger partial charge in [-0.05, 0) is 31.4 Å². The van der Waals surface area contributed by atoms with Gasteiger partial charge in [0.05, 0.1) is 12.5 Å². The minimum Gasteiger partial charge on any atom is -0.481 e. The summed E-state index contributed by atoms with van der Waals surface area (Å²) in [5.74, 6) is -1.57. The number of anilines is 1. The van der Waals surface area contributed by atoms with Gasteiger partial charge in [0.25, 0.3) is 0 Å². The fraction of sp³-hybridized carbons (Fsp3) is 0.467. The largest absolute Gasteiger partial charge is 0.481 e. The Labute approximate surface area is 131 Å². The molecule has 0 aliphatic heterocycles. The molecule has 2 rings (SSSR count). The Morgan fingerprint density at radius 3 is 2.71 bits per heavy atom. The summed E-state index contributed by atoms with van der Waals surface area (Å²) >= 11 is 3.44. The molecule has 1 fully saturated rings. The second kappa shape index (κ2) is 7.04. The average molecular weight is 356 g/mol. The predicted molar refractivity (Wildman–Crippen MR) is 82.0 cm³/mol. The van der Waals surface area contributed by atoms with Crippen LogP contribution in [0.2, 0.25) is 0 Å². The molecule has 1 aromatic carbocycles. The molecule has 21 heavy (non-hydrogen) atoms. The molecule has 1 aliphatic rings.